The van der Waals surface area contributed by atoms with Crippen LogP contribution in [0.3, 0.4) is 0 Å². The molecule has 0 fully saturated rings. The first-order valence-electron chi connectivity index (χ1n) is 15.5. The van der Waals surface area contributed by atoms with E-state index in [1.165, 1.54) is 59.3 Å². The molecule has 0 N–H and O–H groups in total. The Kier molecular flexibility index (Phi) is 6.36. The number of fused-ring (bicyclic) bond motifs is 6. The van der Waals surface area contributed by atoms with Gasteiger partial charge in [-0.25, -0.2) is 4.98 Å². The monoisotopic (exact) mass is 604 g/mol. The third kappa shape index (κ3) is 4.44. The molecule has 0 aliphatic heterocycles. The van der Waals surface area contributed by atoms with E-state index in [2.05, 4.69) is 163 Å². The highest BCUT2D eigenvalue weighted by molar-refractivity contribution is 7.25. The second-order valence-corrected chi connectivity index (χ2v) is 12.6. The zero-order valence-corrected chi connectivity index (χ0v) is 25.8. The van der Waals surface area contributed by atoms with E-state index in [0.29, 0.717) is 0 Å². The Morgan fingerprint density at radius 2 is 1.09 bits per heavy atom. The molecule has 9 rings (SSSR count). The van der Waals surface area contributed by atoms with Gasteiger partial charge in [-0.15, -0.1) is 11.3 Å². The number of hydrogen-bond acceptors (Lipinski definition) is 3. The highest BCUT2D eigenvalue weighted by atomic mass is 32.1. The van der Waals surface area contributed by atoms with Gasteiger partial charge in [0.05, 0.1) is 5.69 Å². The minimum absolute atomic E-state index is 1.06. The van der Waals surface area contributed by atoms with Crippen LogP contribution >= 0.6 is 11.3 Å². The molecule has 0 saturated carbocycles. The maximum absolute atomic E-state index is 4.70. The lowest BCUT2D eigenvalue weighted by molar-refractivity contribution is 1.30. The van der Waals surface area contributed by atoms with Crippen molar-refractivity contribution in [2.75, 3.05) is 4.90 Å². The van der Waals surface area contributed by atoms with E-state index in [0.717, 1.165) is 21.9 Å². The smallest absolute Gasteiger partial charge is 0.124 e. The number of benzene rings is 7. The Bertz CT molecular complexity index is 2510. The zero-order valence-electron chi connectivity index (χ0n) is 25.0. The number of anilines is 3. The van der Waals surface area contributed by atoms with Gasteiger partial charge in [-0.3, -0.25) is 0 Å². The number of thiophene rings is 1. The summed E-state index contributed by atoms with van der Waals surface area (Å²) in [5.41, 5.74) is 8.23. The maximum atomic E-state index is 4.70. The van der Waals surface area contributed by atoms with Gasteiger partial charge in [0.15, 0.2) is 0 Å². The zero-order chi connectivity index (χ0) is 30.5. The molecule has 0 atom stereocenters. The average molecular weight is 605 g/mol. The summed E-state index contributed by atoms with van der Waals surface area (Å²) >= 11 is 1.75. The highest BCUT2D eigenvalue weighted by Crippen LogP contribution is 2.45. The summed E-state index contributed by atoms with van der Waals surface area (Å²) in [5, 5.41) is 7.50. The van der Waals surface area contributed by atoms with Gasteiger partial charge in [0.1, 0.15) is 4.83 Å². The van der Waals surface area contributed by atoms with Gasteiger partial charge < -0.3 is 4.90 Å². The minimum atomic E-state index is 1.06. The van der Waals surface area contributed by atoms with E-state index in [1.807, 2.05) is 12.3 Å². The van der Waals surface area contributed by atoms with E-state index in [9.17, 15) is 0 Å². The van der Waals surface area contributed by atoms with Crippen molar-refractivity contribution in [1.29, 1.82) is 0 Å². The Morgan fingerprint density at radius 1 is 0.457 bits per heavy atom. The van der Waals surface area contributed by atoms with E-state index in [1.54, 1.807) is 11.3 Å². The second kappa shape index (κ2) is 11.0. The fraction of sp³-hybridized carbons (Fsp3) is 0. The van der Waals surface area contributed by atoms with E-state index >= 15 is 0 Å². The predicted octanol–water partition coefficient (Wildman–Crippen LogP) is 12.6. The van der Waals surface area contributed by atoms with E-state index in [-0.39, 0.29) is 0 Å². The summed E-state index contributed by atoms with van der Waals surface area (Å²) < 4.78 is 1.23. The first-order chi connectivity index (χ1) is 22.8. The van der Waals surface area contributed by atoms with Crippen LogP contribution in [0.15, 0.2) is 170 Å². The number of nitrogens with zero attached hydrogens (tertiary/aromatic N) is 2. The normalized spacial score (nSPS) is 11.5. The molecule has 7 aromatic carbocycles. The summed E-state index contributed by atoms with van der Waals surface area (Å²) in [6, 6.07) is 59.1. The van der Waals surface area contributed by atoms with Crippen molar-refractivity contribution in [3.05, 3.63) is 170 Å². The molecule has 0 aliphatic carbocycles. The molecular formula is C43H28N2S. The first kappa shape index (κ1) is 26.6. The van der Waals surface area contributed by atoms with Gasteiger partial charge >= 0.3 is 0 Å². The van der Waals surface area contributed by atoms with Crippen molar-refractivity contribution < 1.29 is 0 Å². The third-order valence-electron chi connectivity index (χ3n) is 8.93. The number of hydrogen-bond donors (Lipinski definition) is 0. The average Bonchev–Trinajstić information content (AvgIpc) is 3.52. The molecule has 2 heterocycles. The van der Waals surface area contributed by atoms with Crippen LogP contribution in [0.25, 0.3) is 64.1 Å². The van der Waals surface area contributed by atoms with Crippen LogP contribution in [0.2, 0.25) is 0 Å². The van der Waals surface area contributed by atoms with Gasteiger partial charge in [0.25, 0.3) is 0 Å². The SMILES string of the molecule is c1ccc(-c2ccc(N(c3ccc(-c4cc5ccccc5c5ccccc45)cc3)c3cccc4sc5ncccc5c34)cc2)cc1. The van der Waals surface area contributed by atoms with Crippen LogP contribution < -0.4 is 4.90 Å². The summed E-state index contributed by atoms with van der Waals surface area (Å²) in [7, 11) is 0. The molecule has 2 aromatic heterocycles. The standard InChI is InChI=1S/C43H28N2S/c1-2-10-29(11-3-1)30-19-23-33(24-20-30)45(40-17-8-18-41-42(40)38-16-9-27-44-43(38)46-41)34-25-21-31(22-26-34)39-28-32-12-4-5-13-35(32)36-14-6-7-15-37(36)39/h1-28H. The minimum Gasteiger partial charge on any atom is -0.310 e. The fourth-order valence-corrected chi connectivity index (χ4v) is 7.84. The van der Waals surface area contributed by atoms with E-state index in [4.69, 9.17) is 4.98 Å². The predicted molar refractivity (Wildman–Crippen MR) is 198 cm³/mol. The van der Waals surface area contributed by atoms with Crippen LogP contribution in [-0.2, 0) is 0 Å². The van der Waals surface area contributed by atoms with Gasteiger partial charge in [-0.2, -0.15) is 0 Å². The molecule has 0 bridgehead atoms. The molecule has 216 valence electrons. The first-order valence-corrected chi connectivity index (χ1v) is 16.4. The largest absolute Gasteiger partial charge is 0.310 e. The van der Waals surface area contributed by atoms with Crippen LogP contribution in [-0.4, -0.2) is 4.98 Å². The molecule has 0 spiro atoms. The molecule has 0 saturated heterocycles. The molecule has 2 nitrogen and oxygen atoms in total. The second-order valence-electron chi connectivity index (χ2n) is 11.6. The molecule has 0 amide bonds. The Hall–Kier alpha value is -5.77. The number of pyridine rings is 1. The topological polar surface area (TPSA) is 16.1 Å². The van der Waals surface area contributed by atoms with Gasteiger partial charge in [-0.05, 0) is 98.4 Å². The van der Waals surface area contributed by atoms with Crippen molar-refractivity contribution in [3.8, 4) is 22.3 Å². The fourth-order valence-electron chi connectivity index (χ4n) is 6.77. The van der Waals surface area contributed by atoms with Crippen LogP contribution in [0.4, 0.5) is 17.1 Å². The Labute approximate surface area is 271 Å². The van der Waals surface area contributed by atoms with Crippen LogP contribution in [0, 0.1) is 0 Å². The van der Waals surface area contributed by atoms with Crippen molar-refractivity contribution in [3.63, 3.8) is 0 Å². The van der Waals surface area contributed by atoms with Crippen molar-refractivity contribution >= 4 is 70.2 Å². The lowest BCUT2D eigenvalue weighted by Gasteiger charge is -2.27. The molecular weight excluding hydrogens is 577 g/mol. The number of aromatic nitrogens is 1. The lowest BCUT2D eigenvalue weighted by atomic mass is 9.93. The molecule has 9 aromatic rings. The van der Waals surface area contributed by atoms with Crippen molar-refractivity contribution in [1.82, 2.24) is 4.98 Å². The number of rotatable bonds is 5. The van der Waals surface area contributed by atoms with Gasteiger partial charge in [0.2, 0.25) is 0 Å². The highest BCUT2D eigenvalue weighted by Gasteiger charge is 2.19. The molecule has 0 aliphatic rings. The molecule has 3 heteroatoms. The molecule has 46 heavy (non-hydrogen) atoms. The summed E-state index contributed by atoms with van der Waals surface area (Å²) in [6.07, 6.45) is 1.88. The van der Waals surface area contributed by atoms with Crippen LogP contribution in [0.1, 0.15) is 0 Å². The van der Waals surface area contributed by atoms with Crippen LogP contribution in [0.5, 0.6) is 0 Å². The van der Waals surface area contributed by atoms with E-state index < -0.39 is 0 Å². The molecule has 0 radical (unpaired) electrons. The maximum Gasteiger partial charge on any atom is 0.124 e. The quantitative estimate of drug-likeness (QED) is 0.182. The van der Waals surface area contributed by atoms with Crippen molar-refractivity contribution in [2.45, 2.75) is 0 Å². The van der Waals surface area contributed by atoms with Gasteiger partial charge in [-0.1, -0.05) is 109 Å². The summed E-state index contributed by atoms with van der Waals surface area (Å²) in [4.78, 5) is 8.15. The molecule has 0 unspecified atom stereocenters. The Balaban J connectivity index is 1.22. The lowest BCUT2D eigenvalue weighted by Crippen LogP contribution is -2.10. The summed E-state index contributed by atoms with van der Waals surface area (Å²) in [6.45, 7) is 0. The van der Waals surface area contributed by atoms with Crippen molar-refractivity contribution in [2.24, 2.45) is 0 Å². The summed E-state index contributed by atoms with van der Waals surface area (Å²) in [5.74, 6) is 0. The Morgan fingerprint density at radius 3 is 1.87 bits per heavy atom. The van der Waals surface area contributed by atoms with Gasteiger partial charge in [0, 0.05) is 33.0 Å². The third-order valence-corrected chi connectivity index (χ3v) is 10.0.